The van der Waals surface area contributed by atoms with Gasteiger partial charge in [0, 0.05) is 0 Å². The number of fused-ring (bicyclic) bond motifs is 1. The van der Waals surface area contributed by atoms with Crippen LogP contribution in [0.2, 0.25) is 0 Å². The first-order valence-electron chi connectivity index (χ1n) is 4.98. The molecule has 2 aromatic heterocycles. The molecule has 0 amide bonds. The highest BCUT2D eigenvalue weighted by Crippen LogP contribution is 2.27. The van der Waals surface area contributed by atoms with Crippen molar-refractivity contribution in [3.63, 3.8) is 0 Å². The van der Waals surface area contributed by atoms with Gasteiger partial charge in [-0.05, 0) is 24.3 Å². The number of ether oxygens (including phenoxy) is 1. The molecule has 0 N–H and O–H groups in total. The highest BCUT2D eigenvalue weighted by atomic mass is 16.5. The number of rotatable bonds is 3. The zero-order valence-corrected chi connectivity index (χ0v) is 8.47. The first-order valence-corrected chi connectivity index (χ1v) is 4.98. The molecule has 16 heavy (non-hydrogen) atoms. The lowest BCUT2D eigenvalue weighted by Gasteiger charge is -2.00. The van der Waals surface area contributed by atoms with E-state index in [1.807, 2.05) is 36.4 Å². The standard InChI is InChI=1S/C13H9O3/c1-2-6-12-11(5-1)13(9-16-12)15-8-10-4-3-7-14-10/h1-7H,8H2. The fraction of sp³-hybridized carbons (Fsp3) is 0.0769. The maximum atomic E-state index is 5.56. The zero-order valence-electron chi connectivity index (χ0n) is 8.47. The Kier molecular flexibility index (Phi) is 2.14. The van der Waals surface area contributed by atoms with E-state index in [0.29, 0.717) is 12.4 Å². The van der Waals surface area contributed by atoms with E-state index < -0.39 is 0 Å². The van der Waals surface area contributed by atoms with Gasteiger partial charge in [0.25, 0.3) is 0 Å². The third-order valence-electron chi connectivity index (χ3n) is 2.32. The summed E-state index contributed by atoms with van der Waals surface area (Å²) in [6.07, 6.45) is 4.36. The lowest BCUT2D eigenvalue weighted by molar-refractivity contribution is 0.269. The fourth-order valence-corrected chi connectivity index (χ4v) is 1.54. The van der Waals surface area contributed by atoms with Crippen LogP contribution in [0.4, 0.5) is 0 Å². The molecule has 0 spiro atoms. The second kappa shape index (κ2) is 3.77. The molecule has 79 valence electrons. The second-order valence-electron chi connectivity index (χ2n) is 3.40. The Balaban J connectivity index is 1.84. The third kappa shape index (κ3) is 1.56. The average Bonchev–Trinajstić information content (AvgIpc) is 2.96. The van der Waals surface area contributed by atoms with Crippen molar-refractivity contribution in [1.82, 2.24) is 0 Å². The molecule has 0 aliphatic rings. The summed E-state index contributed by atoms with van der Waals surface area (Å²) in [7, 11) is 0. The Morgan fingerprint density at radius 3 is 2.94 bits per heavy atom. The summed E-state index contributed by atoms with van der Waals surface area (Å²) in [6.45, 7) is 0.382. The number of para-hydroxylation sites is 1. The Morgan fingerprint density at radius 1 is 1.12 bits per heavy atom. The number of benzene rings is 1. The average molecular weight is 213 g/mol. The molecule has 2 heterocycles. The normalized spacial score (nSPS) is 10.8. The van der Waals surface area contributed by atoms with Crippen molar-refractivity contribution in [3.05, 3.63) is 54.7 Å². The van der Waals surface area contributed by atoms with Crippen LogP contribution in [0.25, 0.3) is 11.0 Å². The van der Waals surface area contributed by atoms with E-state index in [2.05, 4.69) is 6.26 Å². The van der Waals surface area contributed by atoms with Crippen molar-refractivity contribution >= 4 is 11.0 Å². The zero-order chi connectivity index (χ0) is 10.8. The van der Waals surface area contributed by atoms with Gasteiger partial charge in [0.2, 0.25) is 6.26 Å². The molecule has 0 aliphatic heterocycles. The van der Waals surface area contributed by atoms with Gasteiger partial charge in [-0.1, -0.05) is 12.1 Å². The molecule has 3 heteroatoms. The Labute approximate surface area is 92.2 Å². The monoisotopic (exact) mass is 213 g/mol. The van der Waals surface area contributed by atoms with Gasteiger partial charge in [-0.25, -0.2) is 0 Å². The van der Waals surface area contributed by atoms with Gasteiger partial charge in [-0.3, -0.25) is 0 Å². The quantitative estimate of drug-likeness (QED) is 0.668. The molecule has 0 saturated carbocycles. The van der Waals surface area contributed by atoms with E-state index in [1.165, 1.54) is 0 Å². The Hall–Kier alpha value is -2.16. The van der Waals surface area contributed by atoms with Crippen LogP contribution in [0.1, 0.15) is 5.76 Å². The number of hydrogen-bond acceptors (Lipinski definition) is 3. The van der Waals surface area contributed by atoms with Crippen molar-refractivity contribution in [1.29, 1.82) is 0 Å². The summed E-state index contributed by atoms with van der Waals surface area (Å²) in [5.74, 6) is 1.39. The first-order chi connectivity index (χ1) is 7.93. The fourth-order valence-electron chi connectivity index (χ4n) is 1.54. The molecule has 0 bridgehead atoms. The molecule has 1 radical (unpaired) electrons. The van der Waals surface area contributed by atoms with Crippen LogP contribution in [-0.4, -0.2) is 0 Å². The smallest absolute Gasteiger partial charge is 0.216 e. The maximum absolute atomic E-state index is 5.56. The number of hydrogen-bond donors (Lipinski definition) is 0. The molecule has 3 aromatic rings. The molecule has 0 aliphatic carbocycles. The van der Waals surface area contributed by atoms with Crippen LogP contribution in [0.3, 0.4) is 0 Å². The topological polar surface area (TPSA) is 35.5 Å². The molecule has 0 fully saturated rings. The summed E-state index contributed by atoms with van der Waals surface area (Å²) in [4.78, 5) is 0. The van der Waals surface area contributed by atoms with Crippen molar-refractivity contribution < 1.29 is 13.6 Å². The summed E-state index contributed by atoms with van der Waals surface area (Å²) >= 11 is 0. The molecule has 0 atom stereocenters. The van der Waals surface area contributed by atoms with Crippen LogP contribution < -0.4 is 4.74 Å². The maximum Gasteiger partial charge on any atom is 0.216 e. The van der Waals surface area contributed by atoms with Crippen LogP contribution in [0, 0.1) is 6.26 Å². The van der Waals surface area contributed by atoms with Gasteiger partial charge in [-0.2, -0.15) is 0 Å². The molecule has 0 saturated heterocycles. The SMILES string of the molecule is [c]1oc2ccccc2c1OCc1ccco1. The van der Waals surface area contributed by atoms with Gasteiger partial charge in [0.15, 0.2) is 5.75 Å². The largest absolute Gasteiger partial charge is 0.481 e. The Bertz CT molecular complexity index is 578. The van der Waals surface area contributed by atoms with Gasteiger partial charge in [0.1, 0.15) is 18.0 Å². The van der Waals surface area contributed by atoms with E-state index in [4.69, 9.17) is 13.6 Å². The van der Waals surface area contributed by atoms with Gasteiger partial charge < -0.3 is 13.6 Å². The van der Waals surface area contributed by atoms with Crippen LogP contribution in [-0.2, 0) is 6.61 Å². The van der Waals surface area contributed by atoms with Crippen molar-refractivity contribution in [2.75, 3.05) is 0 Å². The van der Waals surface area contributed by atoms with Crippen LogP contribution in [0.5, 0.6) is 5.75 Å². The molecular formula is C13H9O3. The van der Waals surface area contributed by atoms with E-state index in [0.717, 1.165) is 16.7 Å². The predicted octanol–water partition coefficient (Wildman–Crippen LogP) is 3.40. The molecule has 0 unspecified atom stereocenters. The summed E-state index contributed by atoms with van der Waals surface area (Å²) < 4.78 is 16.0. The summed E-state index contributed by atoms with van der Waals surface area (Å²) in [5, 5.41) is 0.925. The lowest BCUT2D eigenvalue weighted by Crippen LogP contribution is -1.92. The van der Waals surface area contributed by atoms with E-state index >= 15 is 0 Å². The van der Waals surface area contributed by atoms with Gasteiger partial charge in [-0.15, -0.1) is 0 Å². The Morgan fingerprint density at radius 2 is 2.06 bits per heavy atom. The minimum Gasteiger partial charge on any atom is -0.481 e. The minimum atomic E-state index is 0.382. The van der Waals surface area contributed by atoms with Crippen LogP contribution in [0.15, 0.2) is 51.5 Å². The van der Waals surface area contributed by atoms with Gasteiger partial charge in [0.05, 0.1) is 11.6 Å². The van der Waals surface area contributed by atoms with Gasteiger partial charge >= 0.3 is 0 Å². The molecule has 3 nitrogen and oxygen atoms in total. The van der Waals surface area contributed by atoms with E-state index in [1.54, 1.807) is 6.26 Å². The lowest BCUT2D eigenvalue weighted by atomic mass is 10.2. The van der Waals surface area contributed by atoms with Crippen LogP contribution >= 0.6 is 0 Å². The molecule has 3 rings (SSSR count). The van der Waals surface area contributed by atoms with E-state index in [9.17, 15) is 0 Å². The third-order valence-corrected chi connectivity index (χ3v) is 2.32. The second-order valence-corrected chi connectivity index (χ2v) is 3.40. The summed E-state index contributed by atoms with van der Waals surface area (Å²) in [5.41, 5.74) is 0.775. The highest BCUT2D eigenvalue weighted by Gasteiger charge is 2.07. The predicted molar refractivity (Wildman–Crippen MR) is 58.1 cm³/mol. The molecular weight excluding hydrogens is 204 g/mol. The molecule has 1 aromatic carbocycles. The highest BCUT2D eigenvalue weighted by molar-refractivity contribution is 5.83. The van der Waals surface area contributed by atoms with E-state index in [-0.39, 0.29) is 0 Å². The van der Waals surface area contributed by atoms with Crippen molar-refractivity contribution in [3.8, 4) is 5.75 Å². The van der Waals surface area contributed by atoms with Crippen molar-refractivity contribution in [2.45, 2.75) is 6.61 Å². The van der Waals surface area contributed by atoms with Crippen molar-refractivity contribution in [2.24, 2.45) is 0 Å². The summed E-state index contributed by atoms with van der Waals surface area (Å²) in [6, 6.07) is 11.4. The first kappa shape index (κ1) is 9.09. The minimum absolute atomic E-state index is 0.382. The number of furan rings is 2.